The Bertz CT molecular complexity index is 440. The van der Waals surface area contributed by atoms with Crippen molar-refractivity contribution in [2.45, 2.75) is 39.5 Å². The van der Waals surface area contributed by atoms with E-state index in [0.29, 0.717) is 0 Å². The zero-order valence-electron chi connectivity index (χ0n) is 9.64. The van der Waals surface area contributed by atoms with Gasteiger partial charge in [0, 0.05) is 17.1 Å². The summed E-state index contributed by atoms with van der Waals surface area (Å²) >= 11 is 0. The fourth-order valence-corrected chi connectivity index (χ4v) is 2.14. The van der Waals surface area contributed by atoms with Crippen LogP contribution in [0.3, 0.4) is 0 Å². The molecule has 0 spiro atoms. The van der Waals surface area contributed by atoms with Gasteiger partial charge in [0.25, 0.3) is 0 Å². The summed E-state index contributed by atoms with van der Waals surface area (Å²) in [6, 6.07) is 6.61. The van der Waals surface area contributed by atoms with Crippen LogP contribution in [0.4, 0.5) is 0 Å². The van der Waals surface area contributed by atoms with E-state index in [0.717, 1.165) is 6.42 Å². The molecule has 15 heavy (non-hydrogen) atoms. The van der Waals surface area contributed by atoms with Crippen molar-refractivity contribution >= 4 is 10.9 Å². The highest BCUT2D eigenvalue weighted by Gasteiger charge is 2.05. The van der Waals surface area contributed by atoms with Crippen LogP contribution in [0, 0.1) is 0 Å². The van der Waals surface area contributed by atoms with Crippen LogP contribution < -0.4 is 0 Å². The van der Waals surface area contributed by atoms with Crippen LogP contribution in [0.15, 0.2) is 24.4 Å². The summed E-state index contributed by atoms with van der Waals surface area (Å²) in [5.74, 6) is 0. The van der Waals surface area contributed by atoms with Crippen molar-refractivity contribution in [3.05, 3.63) is 35.5 Å². The number of unbranched alkanes of at least 4 members (excludes halogenated alkanes) is 1. The van der Waals surface area contributed by atoms with Gasteiger partial charge < -0.3 is 4.98 Å². The molecule has 1 N–H and O–H groups in total. The third-order valence-corrected chi connectivity index (χ3v) is 3.07. The predicted octanol–water partition coefficient (Wildman–Crippen LogP) is 4.07. The average Bonchev–Trinajstić information content (AvgIpc) is 2.69. The third-order valence-electron chi connectivity index (χ3n) is 3.07. The topological polar surface area (TPSA) is 15.8 Å². The van der Waals surface area contributed by atoms with Gasteiger partial charge in [-0.3, -0.25) is 0 Å². The third kappa shape index (κ3) is 1.92. The van der Waals surface area contributed by atoms with Crippen molar-refractivity contribution in [2.24, 2.45) is 0 Å². The first-order chi connectivity index (χ1) is 7.36. The quantitative estimate of drug-likeness (QED) is 0.767. The monoisotopic (exact) mass is 201 g/mol. The number of fused-ring (bicyclic) bond motifs is 1. The van der Waals surface area contributed by atoms with Crippen molar-refractivity contribution in [1.29, 1.82) is 0 Å². The maximum Gasteiger partial charge on any atom is 0.0489 e. The second kappa shape index (κ2) is 4.52. The fourth-order valence-electron chi connectivity index (χ4n) is 2.14. The summed E-state index contributed by atoms with van der Waals surface area (Å²) < 4.78 is 0. The van der Waals surface area contributed by atoms with Crippen LogP contribution in [0.1, 0.15) is 37.8 Å². The van der Waals surface area contributed by atoms with E-state index in [-0.39, 0.29) is 0 Å². The van der Waals surface area contributed by atoms with Gasteiger partial charge in [-0.25, -0.2) is 0 Å². The van der Waals surface area contributed by atoms with Gasteiger partial charge in [0.1, 0.15) is 0 Å². The first kappa shape index (κ1) is 10.3. The zero-order chi connectivity index (χ0) is 10.7. The number of aromatic amines is 1. The van der Waals surface area contributed by atoms with E-state index in [2.05, 4.69) is 43.2 Å². The molecule has 0 aliphatic heterocycles. The van der Waals surface area contributed by atoms with E-state index in [4.69, 9.17) is 0 Å². The van der Waals surface area contributed by atoms with Crippen molar-refractivity contribution < 1.29 is 0 Å². The highest BCUT2D eigenvalue weighted by atomic mass is 14.7. The molecule has 2 rings (SSSR count). The minimum absolute atomic E-state index is 1.10. The largest absolute Gasteiger partial charge is 0.361 e. The molecule has 0 amide bonds. The van der Waals surface area contributed by atoms with Gasteiger partial charge in [0.15, 0.2) is 0 Å². The standard InChI is InChI=1S/C14H19N/c1-3-5-7-12-10-15-14-11(4-2)8-6-9-13(12)14/h6,8-10,15H,3-5,7H2,1-2H3. The Morgan fingerprint density at radius 2 is 2.00 bits per heavy atom. The Morgan fingerprint density at radius 3 is 2.73 bits per heavy atom. The second-order valence-corrected chi connectivity index (χ2v) is 4.11. The number of hydrogen-bond acceptors (Lipinski definition) is 0. The summed E-state index contributed by atoms with van der Waals surface area (Å²) in [5.41, 5.74) is 4.24. The smallest absolute Gasteiger partial charge is 0.0489 e. The van der Waals surface area contributed by atoms with Gasteiger partial charge in [-0.2, -0.15) is 0 Å². The number of para-hydroxylation sites is 1. The normalized spacial score (nSPS) is 11.1. The summed E-state index contributed by atoms with van der Waals surface area (Å²) in [5, 5.41) is 1.42. The van der Waals surface area contributed by atoms with E-state index in [1.807, 2.05) is 0 Å². The molecule has 0 aliphatic carbocycles. The van der Waals surface area contributed by atoms with Crippen molar-refractivity contribution in [3.63, 3.8) is 0 Å². The number of hydrogen-bond donors (Lipinski definition) is 1. The first-order valence-electron chi connectivity index (χ1n) is 5.94. The zero-order valence-corrected chi connectivity index (χ0v) is 9.64. The summed E-state index contributed by atoms with van der Waals surface area (Å²) in [6.45, 7) is 4.45. The molecule has 0 bridgehead atoms. The molecular weight excluding hydrogens is 182 g/mol. The van der Waals surface area contributed by atoms with Gasteiger partial charge in [0.2, 0.25) is 0 Å². The average molecular weight is 201 g/mol. The van der Waals surface area contributed by atoms with E-state index in [1.54, 1.807) is 0 Å². The molecule has 0 unspecified atom stereocenters. The second-order valence-electron chi connectivity index (χ2n) is 4.11. The maximum absolute atomic E-state index is 3.42. The fraction of sp³-hybridized carbons (Fsp3) is 0.429. The summed E-state index contributed by atoms with van der Waals surface area (Å²) in [7, 11) is 0. The molecule has 1 heteroatoms. The van der Waals surface area contributed by atoms with E-state index in [1.165, 1.54) is 41.3 Å². The lowest BCUT2D eigenvalue weighted by molar-refractivity contribution is 0.799. The number of nitrogens with one attached hydrogen (secondary N) is 1. The number of benzene rings is 1. The molecule has 2 aromatic rings. The van der Waals surface area contributed by atoms with Gasteiger partial charge >= 0.3 is 0 Å². The molecule has 1 nitrogen and oxygen atoms in total. The molecule has 0 fully saturated rings. The number of rotatable bonds is 4. The Kier molecular flexibility index (Phi) is 3.10. The van der Waals surface area contributed by atoms with Crippen LogP contribution in [-0.4, -0.2) is 4.98 Å². The SMILES string of the molecule is CCCCc1c[nH]c2c(CC)cccc12. The molecule has 80 valence electrons. The molecule has 1 aromatic heterocycles. The highest BCUT2D eigenvalue weighted by molar-refractivity contribution is 5.86. The van der Waals surface area contributed by atoms with Crippen LogP contribution in [0.25, 0.3) is 10.9 Å². The van der Waals surface area contributed by atoms with Crippen molar-refractivity contribution in [2.75, 3.05) is 0 Å². The van der Waals surface area contributed by atoms with Gasteiger partial charge in [-0.15, -0.1) is 0 Å². The van der Waals surface area contributed by atoms with E-state index >= 15 is 0 Å². The Balaban J connectivity index is 2.42. The highest BCUT2D eigenvalue weighted by Crippen LogP contribution is 2.23. The molecule has 0 radical (unpaired) electrons. The summed E-state index contributed by atoms with van der Waals surface area (Å²) in [6.07, 6.45) is 7.03. The van der Waals surface area contributed by atoms with Crippen LogP contribution in [0.2, 0.25) is 0 Å². The molecule has 0 saturated heterocycles. The van der Waals surface area contributed by atoms with Crippen molar-refractivity contribution in [1.82, 2.24) is 4.98 Å². The molecule has 0 atom stereocenters. The molecular formula is C14H19N. The summed E-state index contributed by atoms with van der Waals surface area (Å²) in [4.78, 5) is 3.42. The van der Waals surface area contributed by atoms with E-state index in [9.17, 15) is 0 Å². The van der Waals surface area contributed by atoms with E-state index < -0.39 is 0 Å². The lowest BCUT2D eigenvalue weighted by Gasteiger charge is -2.00. The Morgan fingerprint density at radius 1 is 1.13 bits per heavy atom. The number of H-pyrrole nitrogens is 1. The molecule has 1 heterocycles. The number of aromatic nitrogens is 1. The Hall–Kier alpha value is -1.24. The van der Waals surface area contributed by atoms with Crippen LogP contribution in [0.5, 0.6) is 0 Å². The van der Waals surface area contributed by atoms with Gasteiger partial charge in [-0.05, 0) is 30.4 Å². The van der Waals surface area contributed by atoms with Crippen LogP contribution in [-0.2, 0) is 12.8 Å². The molecule has 0 aliphatic rings. The lowest BCUT2D eigenvalue weighted by atomic mass is 10.0. The minimum atomic E-state index is 1.10. The molecule has 1 aromatic carbocycles. The van der Waals surface area contributed by atoms with Crippen molar-refractivity contribution in [3.8, 4) is 0 Å². The lowest BCUT2D eigenvalue weighted by Crippen LogP contribution is -1.84. The van der Waals surface area contributed by atoms with Crippen LogP contribution >= 0.6 is 0 Å². The maximum atomic E-state index is 3.42. The first-order valence-corrected chi connectivity index (χ1v) is 5.94. The Labute approximate surface area is 91.5 Å². The van der Waals surface area contributed by atoms with Gasteiger partial charge in [0.05, 0.1) is 0 Å². The van der Waals surface area contributed by atoms with Gasteiger partial charge in [-0.1, -0.05) is 38.5 Å². The minimum Gasteiger partial charge on any atom is -0.361 e. The number of aryl methyl sites for hydroxylation is 2. The predicted molar refractivity (Wildman–Crippen MR) is 66.3 cm³/mol. The molecule has 0 saturated carbocycles.